The fourth-order valence-corrected chi connectivity index (χ4v) is 1.75. The maximum atomic E-state index is 5.40. The van der Waals surface area contributed by atoms with Crippen LogP contribution in [0.3, 0.4) is 0 Å². The molecule has 1 aromatic rings. The topological polar surface area (TPSA) is 77.0 Å². The summed E-state index contributed by atoms with van der Waals surface area (Å²) in [6, 6.07) is 0.515. The Morgan fingerprint density at radius 3 is 3.21 bits per heavy atom. The molecule has 1 aromatic heterocycles. The summed E-state index contributed by atoms with van der Waals surface area (Å²) >= 11 is 0. The van der Waals surface area contributed by atoms with Crippen LogP contribution in [0.2, 0.25) is 0 Å². The number of rotatable bonds is 4. The van der Waals surface area contributed by atoms with Crippen molar-refractivity contribution in [3.05, 3.63) is 11.7 Å². The lowest BCUT2D eigenvalue weighted by atomic mass is 10.1. The third-order valence-electron chi connectivity index (χ3n) is 2.46. The zero-order valence-electron chi connectivity index (χ0n) is 8.20. The molecule has 0 spiro atoms. The van der Waals surface area contributed by atoms with Gasteiger partial charge in [-0.1, -0.05) is 5.16 Å². The summed E-state index contributed by atoms with van der Waals surface area (Å²) in [7, 11) is 0. The van der Waals surface area contributed by atoms with Crippen LogP contribution in [0, 0.1) is 0 Å². The molecule has 0 saturated carbocycles. The minimum atomic E-state index is 0.515. The molecule has 3 N–H and O–H groups in total. The first kappa shape index (κ1) is 9.61. The molecule has 1 saturated heterocycles. The summed E-state index contributed by atoms with van der Waals surface area (Å²) in [6.07, 6.45) is 3.99. The van der Waals surface area contributed by atoms with Crippen LogP contribution in [-0.2, 0) is 12.8 Å². The van der Waals surface area contributed by atoms with Gasteiger partial charge in [-0.2, -0.15) is 4.98 Å². The third-order valence-corrected chi connectivity index (χ3v) is 2.46. The SMILES string of the molecule is NCCc1noc(CC2CCCN2)n1. The van der Waals surface area contributed by atoms with E-state index in [1.54, 1.807) is 0 Å². The molecule has 1 aliphatic rings. The van der Waals surface area contributed by atoms with E-state index in [1.165, 1.54) is 12.8 Å². The van der Waals surface area contributed by atoms with Crippen molar-refractivity contribution in [3.8, 4) is 0 Å². The number of nitrogens with two attached hydrogens (primary N) is 1. The van der Waals surface area contributed by atoms with Crippen molar-refractivity contribution in [1.82, 2.24) is 15.5 Å². The van der Waals surface area contributed by atoms with E-state index in [-0.39, 0.29) is 0 Å². The van der Waals surface area contributed by atoms with Gasteiger partial charge in [0.15, 0.2) is 5.82 Å². The predicted octanol–water partition coefficient (Wildman–Crippen LogP) is -0.135. The normalized spacial score (nSPS) is 21.6. The summed E-state index contributed by atoms with van der Waals surface area (Å²) < 4.78 is 5.12. The van der Waals surface area contributed by atoms with Gasteiger partial charge in [0.2, 0.25) is 5.89 Å². The van der Waals surface area contributed by atoms with Gasteiger partial charge in [-0.15, -0.1) is 0 Å². The molecule has 14 heavy (non-hydrogen) atoms. The Morgan fingerprint density at radius 2 is 2.50 bits per heavy atom. The van der Waals surface area contributed by atoms with E-state index < -0.39 is 0 Å². The zero-order valence-corrected chi connectivity index (χ0v) is 8.20. The lowest BCUT2D eigenvalue weighted by Gasteiger charge is -2.04. The van der Waals surface area contributed by atoms with Crippen LogP contribution in [0.1, 0.15) is 24.6 Å². The molecule has 0 aromatic carbocycles. The quantitative estimate of drug-likeness (QED) is 0.701. The number of aromatic nitrogens is 2. The van der Waals surface area contributed by atoms with Crippen LogP contribution in [0.15, 0.2) is 4.52 Å². The van der Waals surface area contributed by atoms with E-state index in [0.717, 1.165) is 24.7 Å². The molecule has 1 fully saturated rings. The third kappa shape index (κ3) is 2.30. The largest absolute Gasteiger partial charge is 0.339 e. The molecule has 78 valence electrons. The molecule has 0 aliphatic carbocycles. The molecule has 1 atom stereocenters. The number of nitrogens with one attached hydrogen (secondary N) is 1. The van der Waals surface area contributed by atoms with E-state index in [1.807, 2.05) is 0 Å². The maximum absolute atomic E-state index is 5.40. The molecule has 5 nitrogen and oxygen atoms in total. The van der Waals surface area contributed by atoms with Crippen LogP contribution in [0.25, 0.3) is 0 Å². The van der Waals surface area contributed by atoms with E-state index in [2.05, 4.69) is 15.5 Å². The number of nitrogens with zero attached hydrogens (tertiary/aromatic N) is 2. The van der Waals surface area contributed by atoms with E-state index in [0.29, 0.717) is 19.0 Å². The Balaban J connectivity index is 1.88. The van der Waals surface area contributed by atoms with Crippen molar-refractivity contribution in [1.29, 1.82) is 0 Å². The summed E-state index contributed by atoms with van der Waals surface area (Å²) in [6.45, 7) is 1.68. The van der Waals surface area contributed by atoms with Crippen molar-refractivity contribution in [2.24, 2.45) is 5.73 Å². The predicted molar refractivity (Wildman–Crippen MR) is 51.8 cm³/mol. The molecular formula is C9H16N4O. The van der Waals surface area contributed by atoms with Gasteiger partial charge >= 0.3 is 0 Å². The summed E-state index contributed by atoms with van der Waals surface area (Å²) in [5.41, 5.74) is 5.40. The molecule has 5 heteroatoms. The molecule has 1 unspecified atom stereocenters. The van der Waals surface area contributed by atoms with E-state index in [4.69, 9.17) is 10.3 Å². The van der Waals surface area contributed by atoms with Gasteiger partial charge in [0, 0.05) is 18.9 Å². The number of hydrogen-bond acceptors (Lipinski definition) is 5. The second-order valence-corrected chi connectivity index (χ2v) is 3.64. The van der Waals surface area contributed by atoms with Crippen LogP contribution >= 0.6 is 0 Å². The monoisotopic (exact) mass is 196 g/mol. The minimum absolute atomic E-state index is 0.515. The standard InChI is InChI=1S/C9H16N4O/c10-4-3-8-12-9(14-13-8)6-7-2-1-5-11-7/h7,11H,1-6,10H2. The second kappa shape index (κ2) is 4.52. The molecule has 0 amide bonds. The molecular weight excluding hydrogens is 180 g/mol. The summed E-state index contributed by atoms with van der Waals surface area (Å²) in [4.78, 5) is 4.27. The molecule has 1 aliphatic heterocycles. The van der Waals surface area contributed by atoms with Gasteiger partial charge < -0.3 is 15.6 Å². The van der Waals surface area contributed by atoms with E-state index >= 15 is 0 Å². The van der Waals surface area contributed by atoms with Crippen molar-refractivity contribution in [2.45, 2.75) is 31.7 Å². The minimum Gasteiger partial charge on any atom is -0.339 e. The van der Waals surface area contributed by atoms with Gasteiger partial charge in [0.1, 0.15) is 0 Å². The fourth-order valence-electron chi connectivity index (χ4n) is 1.75. The second-order valence-electron chi connectivity index (χ2n) is 3.64. The first-order valence-corrected chi connectivity index (χ1v) is 5.13. The Kier molecular flexibility index (Phi) is 3.10. The molecule has 0 bridgehead atoms. The highest BCUT2D eigenvalue weighted by Crippen LogP contribution is 2.10. The Morgan fingerprint density at radius 1 is 1.57 bits per heavy atom. The summed E-state index contributed by atoms with van der Waals surface area (Å²) in [5, 5.41) is 7.25. The maximum Gasteiger partial charge on any atom is 0.228 e. The van der Waals surface area contributed by atoms with Crippen molar-refractivity contribution in [3.63, 3.8) is 0 Å². The van der Waals surface area contributed by atoms with Gasteiger partial charge in [0.05, 0.1) is 0 Å². The van der Waals surface area contributed by atoms with Crippen LogP contribution in [0.4, 0.5) is 0 Å². The highest BCUT2D eigenvalue weighted by atomic mass is 16.5. The highest BCUT2D eigenvalue weighted by Gasteiger charge is 2.17. The first-order valence-electron chi connectivity index (χ1n) is 5.13. The smallest absolute Gasteiger partial charge is 0.228 e. The van der Waals surface area contributed by atoms with Crippen molar-refractivity contribution in [2.75, 3.05) is 13.1 Å². The average Bonchev–Trinajstić information content (AvgIpc) is 2.79. The Labute approximate surface area is 83.1 Å². The van der Waals surface area contributed by atoms with Crippen LogP contribution in [-0.4, -0.2) is 29.3 Å². The van der Waals surface area contributed by atoms with E-state index in [9.17, 15) is 0 Å². The molecule has 2 heterocycles. The van der Waals surface area contributed by atoms with Crippen LogP contribution in [0.5, 0.6) is 0 Å². The van der Waals surface area contributed by atoms with Gasteiger partial charge in [0.25, 0.3) is 0 Å². The number of hydrogen-bond donors (Lipinski definition) is 2. The lowest BCUT2D eigenvalue weighted by molar-refractivity contribution is 0.360. The Bertz CT molecular complexity index is 280. The fraction of sp³-hybridized carbons (Fsp3) is 0.778. The molecule has 0 radical (unpaired) electrons. The first-order chi connectivity index (χ1) is 6.88. The van der Waals surface area contributed by atoms with Crippen LogP contribution < -0.4 is 11.1 Å². The Hall–Kier alpha value is -0.940. The lowest BCUT2D eigenvalue weighted by Crippen LogP contribution is -2.23. The molecule has 2 rings (SSSR count). The van der Waals surface area contributed by atoms with Crippen molar-refractivity contribution >= 4 is 0 Å². The van der Waals surface area contributed by atoms with Crippen molar-refractivity contribution < 1.29 is 4.52 Å². The average molecular weight is 196 g/mol. The zero-order chi connectivity index (χ0) is 9.80. The van der Waals surface area contributed by atoms with Gasteiger partial charge in [-0.3, -0.25) is 0 Å². The highest BCUT2D eigenvalue weighted by molar-refractivity contribution is 4.91. The summed E-state index contributed by atoms with van der Waals surface area (Å²) in [5.74, 6) is 1.45. The van der Waals surface area contributed by atoms with Gasteiger partial charge in [-0.05, 0) is 25.9 Å². The van der Waals surface area contributed by atoms with Gasteiger partial charge in [-0.25, -0.2) is 0 Å².